The number of benzene rings is 1. The zero-order chi connectivity index (χ0) is 13.7. The van der Waals surface area contributed by atoms with E-state index in [2.05, 4.69) is 5.32 Å². The molecule has 104 valence electrons. The van der Waals surface area contributed by atoms with Gasteiger partial charge < -0.3 is 10.4 Å². The van der Waals surface area contributed by atoms with Crippen molar-refractivity contribution >= 4 is 17.5 Å². The number of hydrogen-bond acceptors (Lipinski definition) is 3. The summed E-state index contributed by atoms with van der Waals surface area (Å²) in [6, 6.07) is 7.92. The van der Waals surface area contributed by atoms with Gasteiger partial charge >= 0.3 is 0 Å². The van der Waals surface area contributed by atoms with Gasteiger partial charge in [0.25, 0.3) is 0 Å². The van der Waals surface area contributed by atoms with Gasteiger partial charge in [-0.05, 0) is 30.5 Å². The molecule has 1 aliphatic carbocycles. The zero-order valence-electron chi connectivity index (χ0n) is 10.8. The number of nitrogens with one attached hydrogen (secondary N) is 1. The van der Waals surface area contributed by atoms with Crippen molar-refractivity contribution in [3.8, 4) is 0 Å². The maximum absolute atomic E-state index is 11.9. The fourth-order valence-electron chi connectivity index (χ4n) is 2.05. The average molecular weight is 283 g/mol. The molecule has 1 saturated carbocycles. The summed E-state index contributed by atoms with van der Waals surface area (Å²) in [5, 5.41) is 12.5. The Bertz CT molecular complexity index is 435. The minimum Gasteiger partial charge on any atom is -0.395 e. The first-order valence-electron chi connectivity index (χ1n) is 6.55. The van der Waals surface area contributed by atoms with Crippen molar-refractivity contribution in [3.05, 3.63) is 34.9 Å². The van der Waals surface area contributed by atoms with Crippen LogP contribution >= 0.6 is 11.6 Å². The Morgan fingerprint density at radius 3 is 2.89 bits per heavy atom. The second-order valence-electron chi connectivity index (χ2n) is 4.83. The third-order valence-corrected chi connectivity index (χ3v) is 3.41. The SMILES string of the molecule is O=C(CN(CCO)C1CC1)NCc1cccc(Cl)c1. The van der Waals surface area contributed by atoms with Gasteiger partial charge in [0.1, 0.15) is 0 Å². The number of halogens is 1. The largest absolute Gasteiger partial charge is 0.395 e. The van der Waals surface area contributed by atoms with E-state index in [0.29, 0.717) is 30.7 Å². The van der Waals surface area contributed by atoms with Crippen molar-refractivity contribution in [1.29, 1.82) is 0 Å². The second kappa shape index (κ2) is 6.89. The third-order valence-electron chi connectivity index (χ3n) is 3.18. The summed E-state index contributed by atoms with van der Waals surface area (Å²) in [5.74, 6) is -0.0136. The van der Waals surface area contributed by atoms with Gasteiger partial charge in [-0.2, -0.15) is 0 Å². The molecule has 0 saturated heterocycles. The fourth-order valence-corrected chi connectivity index (χ4v) is 2.26. The molecule has 19 heavy (non-hydrogen) atoms. The molecule has 2 N–H and O–H groups in total. The predicted molar refractivity (Wildman–Crippen MR) is 75.0 cm³/mol. The molecule has 1 aromatic rings. The molecule has 1 amide bonds. The highest BCUT2D eigenvalue weighted by Crippen LogP contribution is 2.25. The maximum Gasteiger partial charge on any atom is 0.234 e. The highest BCUT2D eigenvalue weighted by atomic mass is 35.5. The highest BCUT2D eigenvalue weighted by Gasteiger charge is 2.29. The summed E-state index contributed by atoms with van der Waals surface area (Å²) in [5.41, 5.74) is 0.987. The first-order valence-corrected chi connectivity index (χ1v) is 6.93. The van der Waals surface area contributed by atoms with Crippen LogP contribution in [0, 0.1) is 0 Å². The average Bonchev–Trinajstić information content (AvgIpc) is 3.20. The Morgan fingerprint density at radius 1 is 1.47 bits per heavy atom. The Balaban J connectivity index is 1.77. The van der Waals surface area contributed by atoms with Crippen molar-refractivity contribution in [2.75, 3.05) is 19.7 Å². The fraction of sp³-hybridized carbons (Fsp3) is 0.500. The number of carbonyl (C=O) groups excluding carboxylic acids is 1. The highest BCUT2D eigenvalue weighted by molar-refractivity contribution is 6.30. The first kappa shape index (κ1) is 14.3. The zero-order valence-corrected chi connectivity index (χ0v) is 11.6. The molecule has 0 radical (unpaired) electrons. The van der Waals surface area contributed by atoms with Crippen LogP contribution in [0.2, 0.25) is 5.02 Å². The van der Waals surface area contributed by atoms with Crippen LogP contribution in [0.15, 0.2) is 24.3 Å². The third kappa shape index (κ3) is 4.82. The predicted octanol–water partition coefficient (Wildman–Crippen LogP) is 1.41. The number of aliphatic hydroxyl groups is 1. The summed E-state index contributed by atoms with van der Waals surface area (Å²) in [7, 11) is 0. The van der Waals surface area contributed by atoms with E-state index in [1.165, 1.54) is 0 Å². The summed E-state index contributed by atoms with van der Waals surface area (Å²) in [4.78, 5) is 13.9. The molecule has 1 aliphatic rings. The van der Waals surface area contributed by atoms with Gasteiger partial charge in [-0.25, -0.2) is 0 Å². The van der Waals surface area contributed by atoms with E-state index in [1.807, 2.05) is 29.2 Å². The molecule has 0 unspecified atom stereocenters. The molecule has 0 aliphatic heterocycles. The summed E-state index contributed by atoms with van der Waals surface area (Å²) in [6.07, 6.45) is 2.25. The minimum absolute atomic E-state index is 0.0136. The van der Waals surface area contributed by atoms with Crippen LogP contribution in [0.1, 0.15) is 18.4 Å². The Morgan fingerprint density at radius 2 is 2.26 bits per heavy atom. The molecule has 0 aromatic heterocycles. The van der Waals surface area contributed by atoms with E-state index in [9.17, 15) is 4.79 Å². The van der Waals surface area contributed by atoms with Crippen molar-refractivity contribution in [3.63, 3.8) is 0 Å². The van der Waals surface area contributed by atoms with Crippen LogP contribution < -0.4 is 5.32 Å². The quantitative estimate of drug-likeness (QED) is 0.795. The lowest BCUT2D eigenvalue weighted by Gasteiger charge is -2.20. The van der Waals surface area contributed by atoms with Crippen LogP contribution in [-0.4, -0.2) is 41.7 Å². The number of amides is 1. The number of aliphatic hydroxyl groups excluding tert-OH is 1. The molecule has 1 fully saturated rings. The number of hydrogen-bond donors (Lipinski definition) is 2. The van der Waals surface area contributed by atoms with Crippen LogP contribution in [0.3, 0.4) is 0 Å². The van der Waals surface area contributed by atoms with Gasteiger partial charge in [-0.3, -0.25) is 9.69 Å². The Labute approximate surface area is 118 Å². The number of rotatable bonds is 7. The molecule has 0 atom stereocenters. The lowest BCUT2D eigenvalue weighted by Crippen LogP contribution is -2.39. The topological polar surface area (TPSA) is 52.6 Å². The number of nitrogens with zero attached hydrogens (tertiary/aromatic N) is 1. The molecule has 0 heterocycles. The molecule has 0 spiro atoms. The molecule has 1 aromatic carbocycles. The van der Waals surface area contributed by atoms with Gasteiger partial charge in [0, 0.05) is 24.2 Å². The van der Waals surface area contributed by atoms with Crippen LogP contribution in [-0.2, 0) is 11.3 Å². The minimum atomic E-state index is -0.0136. The monoisotopic (exact) mass is 282 g/mol. The van der Waals surface area contributed by atoms with Crippen molar-refractivity contribution in [2.45, 2.75) is 25.4 Å². The second-order valence-corrected chi connectivity index (χ2v) is 5.27. The van der Waals surface area contributed by atoms with Crippen molar-refractivity contribution < 1.29 is 9.90 Å². The number of carbonyl (C=O) groups is 1. The summed E-state index contributed by atoms with van der Waals surface area (Å²) >= 11 is 5.89. The van der Waals surface area contributed by atoms with E-state index in [4.69, 9.17) is 16.7 Å². The van der Waals surface area contributed by atoms with Crippen LogP contribution in [0.25, 0.3) is 0 Å². The van der Waals surface area contributed by atoms with E-state index in [-0.39, 0.29) is 12.5 Å². The molecule has 4 nitrogen and oxygen atoms in total. The van der Waals surface area contributed by atoms with E-state index in [0.717, 1.165) is 18.4 Å². The standard InChI is InChI=1S/C14H19ClN2O2/c15-12-3-1-2-11(8-12)9-16-14(19)10-17(6-7-18)13-4-5-13/h1-3,8,13,18H,4-7,9-10H2,(H,16,19). The van der Waals surface area contributed by atoms with Crippen molar-refractivity contribution in [1.82, 2.24) is 10.2 Å². The first-order chi connectivity index (χ1) is 9.19. The Kier molecular flexibility index (Phi) is 5.19. The molecular formula is C14H19ClN2O2. The smallest absolute Gasteiger partial charge is 0.234 e. The summed E-state index contributed by atoms with van der Waals surface area (Å²) in [6.45, 7) is 1.50. The molecule has 2 rings (SSSR count). The summed E-state index contributed by atoms with van der Waals surface area (Å²) < 4.78 is 0. The normalized spacial score (nSPS) is 14.7. The van der Waals surface area contributed by atoms with E-state index in [1.54, 1.807) is 0 Å². The van der Waals surface area contributed by atoms with Gasteiger partial charge in [0.15, 0.2) is 0 Å². The molecule has 0 bridgehead atoms. The van der Waals surface area contributed by atoms with E-state index < -0.39 is 0 Å². The van der Waals surface area contributed by atoms with E-state index >= 15 is 0 Å². The van der Waals surface area contributed by atoms with Gasteiger partial charge in [-0.15, -0.1) is 0 Å². The van der Waals surface area contributed by atoms with Crippen LogP contribution in [0.4, 0.5) is 0 Å². The lowest BCUT2D eigenvalue weighted by atomic mass is 10.2. The molecular weight excluding hydrogens is 264 g/mol. The maximum atomic E-state index is 11.9. The van der Waals surface area contributed by atoms with Crippen molar-refractivity contribution in [2.24, 2.45) is 0 Å². The lowest BCUT2D eigenvalue weighted by molar-refractivity contribution is -0.122. The van der Waals surface area contributed by atoms with Gasteiger partial charge in [0.2, 0.25) is 5.91 Å². The van der Waals surface area contributed by atoms with Gasteiger partial charge in [-0.1, -0.05) is 23.7 Å². The molecule has 5 heteroatoms. The van der Waals surface area contributed by atoms with Crippen LogP contribution in [0.5, 0.6) is 0 Å². The Hall–Kier alpha value is -1.10. The van der Waals surface area contributed by atoms with Gasteiger partial charge in [0.05, 0.1) is 13.2 Å².